The van der Waals surface area contributed by atoms with Crippen molar-refractivity contribution in [1.29, 1.82) is 0 Å². The van der Waals surface area contributed by atoms with E-state index in [1.54, 1.807) is 6.20 Å². The molecule has 0 radical (unpaired) electrons. The van der Waals surface area contributed by atoms with Gasteiger partial charge >= 0.3 is 0 Å². The lowest BCUT2D eigenvalue weighted by molar-refractivity contribution is 0.174. The van der Waals surface area contributed by atoms with Crippen LogP contribution in [0.4, 0.5) is 13.9 Å². The summed E-state index contributed by atoms with van der Waals surface area (Å²) in [5.74, 6) is 0.786. The lowest BCUT2D eigenvalue weighted by atomic mass is 10.00. The molecule has 3 N–H and O–H groups in total. The Morgan fingerprint density at radius 1 is 1.11 bits per heavy atom. The minimum Gasteiger partial charge on any atom is -0.454 e. The highest BCUT2D eigenvalue weighted by molar-refractivity contribution is 7.15. The van der Waals surface area contributed by atoms with Crippen molar-refractivity contribution in [1.82, 2.24) is 10.3 Å². The molecule has 1 fully saturated rings. The number of rotatable bonds is 10. The number of thiazole rings is 1. The maximum Gasteiger partial charge on any atom is 0.231 e. The fraction of sp³-hybridized carbons (Fsp3) is 0.423. The number of aromatic nitrogens is 1. The van der Waals surface area contributed by atoms with Crippen molar-refractivity contribution in [3.05, 3.63) is 70.2 Å². The average molecular weight is 502 g/mol. The second-order valence-corrected chi connectivity index (χ2v) is 10.7. The first kappa shape index (κ1) is 24.0. The van der Waals surface area contributed by atoms with E-state index in [-0.39, 0.29) is 30.5 Å². The van der Waals surface area contributed by atoms with Crippen molar-refractivity contribution >= 4 is 16.5 Å². The molecule has 0 amide bonds. The van der Waals surface area contributed by atoms with Crippen molar-refractivity contribution in [2.75, 3.05) is 18.7 Å². The van der Waals surface area contributed by atoms with Gasteiger partial charge in [-0.2, -0.15) is 0 Å². The highest BCUT2D eigenvalue weighted by Gasteiger charge is 2.45. The summed E-state index contributed by atoms with van der Waals surface area (Å²) in [6.45, 7) is 4.23. The van der Waals surface area contributed by atoms with Crippen LogP contribution in [0.1, 0.15) is 55.2 Å². The van der Waals surface area contributed by atoms with Gasteiger partial charge in [-0.1, -0.05) is 19.9 Å². The molecule has 2 atom stereocenters. The normalized spacial score (nSPS) is 17.4. The molecule has 186 valence electrons. The molecule has 5 rings (SSSR count). The van der Waals surface area contributed by atoms with Gasteiger partial charge in [0.1, 0.15) is 11.6 Å². The van der Waals surface area contributed by atoms with Crippen LogP contribution in [-0.4, -0.2) is 29.5 Å². The second kappa shape index (κ2) is 9.72. The summed E-state index contributed by atoms with van der Waals surface area (Å²) in [7, 11) is 0. The van der Waals surface area contributed by atoms with Crippen LogP contribution in [0.2, 0.25) is 0 Å². The zero-order chi connectivity index (χ0) is 24.6. The number of halogens is 2. The molecule has 9 heteroatoms. The number of aliphatic hydroxyl groups excluding tert-OH is 1. The van der Waals surface area contributed by atoms with Crippen LogP contribution < -0.4 is 20.1 Å². The number of hydrogen-bond donors (Lipinski definition) is 3. The number of nitrogens with zero attached hydrogens (tertiary/aromatic N) is 1. The largest absolute Gasteiger partial charge is 0.454 e. The summed E-state index contributed by atoms with van der Waals surface area (Å²) < 4.78 is 39.9. The maximum absolute atomic E-state index is 14.8. The minimum absolute atomic E-state index is 0.108. The second-order valence-electron chi connectivity index (χ2n) is 9.62. The van der Waals surface area contributed by atoms with Crippen LogP contribution in [0.15, 0.2) is 42.6 Å². The molecule has 35 heavy (non-hydrogen) atoms. The number of fused-ring (bicyclic) bond motifs is 1. The Kier molecular flexibility index (Phi) is 6.65. The van der Waals surface area contributed by atoms with E-state index in [9.17, 15) is 13.9 Å². The summed E-state index contributed by atoms with van der Waals surface area (Å²) in [6.07, 6.45) is 4.28. The number of aliphatic hydroxyl groups is 1. The van der Waals surface area contributed by atoms with E-state index < -0.39 is 17.7 Å². The predicted octanol–water partition coefficient (Wildman–Crippen LogP) is 5.34. The van der Waals surface area contributed by atoms with E-state index in [2.05, 4.69) is 29.5 Å². The highest BCUT2D eigenvalue weighted by Crippen LogP contribution is 2.51. The Balaban J connectivity index is 1.41. The molecule has 1 aliphatic carbocycles. The van der Waals surface area contributed by atoms with E-state index in [1.165, 1.54) is 17.4 Å². The van der Waals surface area contributed by atoms with Crippen LogP contribution >= 0.6 is 11.3 Å². The third-order valence-electron chi connectivity index (χ3n) is 6.48. The smallest absolute Gasteiger partial charge is 0.231 e. The van der Waals surface area contributed by atoms with Crippen LogP contribution in [-0.2, 0) is 5.54 Å². The summed E-state index contributed by atoms with van der Waals surface area (Å²) in [5.41, 5.74) is 1.05. The predicted molar refractivity (Wildman–Crippen MR) is 131 cm³/mol. The third kappa shape index (κ3) is 5.12. The van der Waals surface area contributed by atoms with Crippen molar-refractivity contribution in [3.63, 3.8) is 0 Å². The van der Waals surface area contributed by atoms with E-state index in [0.29, 0.717) is 17.5 Å². The number of anilines is 1. The molecule has 1 unspecified atom stereocenters. The Morgan fingerprint density at radius 2 is 1.91 bits per heavy atom. The van der Waals surface area contributed by atoms with Crippen molar-refractivity contribution in [3.8, 4) is 11.5 Å². The van der Waals surface area contributed by atoms with Gasteiger partial charge in [-0.05, 0) is 61.1 Å². The SMILES string of the molecule is CC(C)C[C@H](CO)NC(c1cnc(NC2(c3ccc4c(c3)OCO4)CC2)s1)c1cc(F)ccc1F. The number of benzene rings is 2. The van der Waals surface area contributed by atoms with Gasteiger partial charge in [0, 0.05) is 22.7 Å². The zero-order valence-electron chi connectivity index (χ0n) is 19.7. The van der Waals surface area contributed by atoms with Crippen LogP contribution in [0.5, 0.6) is 11.5 Å². The zero-order valence-corrected chi connectivity index (χ0v) is 20.5. The van der Waals surface area contributed by atoms with Gasteiger partial charge in [0.2, 0.25) is 6.79 Å². The molecule has 1 aliphatic heterocycles. The number of ether oxygens (including phenoxy) is 2. The minimum atomic E-state index is -0.643. The molecule has 3 aromatic rings. The molecular formula is C26H29F2N3O3S. The Bertz CT molecular complexity index is 1200. The first-order valence-electron chi connectivity index (χ1n) is 11.8. The van der Waals surface area contributed by atoms with E-state index in [4.69, 9.17) is 9.47 Å². The van der Waals surface area contributed by atoms with E-state index in [0.717, 1.165) is 46.9 Å². The van der Waals surface area contributed by atoms with Gasteiger partial charge < -0.3 is 25.2 Å². The van der Waals surface area contributed by atoms with E-state index >= 15 is 0 Å². The Hall–Kier alpha value is -2.75. The fourth-order valence-electron chi connectivity index (χ4n) is 4.55. The average Bonchev–Trinajstić information content (AvgIpc) is 3.24. The molecule has 2 heterocycles. The van der Waals surface area contributed by atoms with Crippen molar-refractivity contribution < 1.29 is 23.4 Å². The monoisotopic (exact) mass is 501 g/mol. The van der Waals surface area contributed by atoms with E-state index in [1.807, 2.05) is 18.2 Å². The summed E-state index contributed by atoms with van der Waals surface area (Å²) >= 11 is 1.40. The first-order valence-corrected chi connectivity index (χ1v) is 12.6. The molecule has 6 nitrogen and oxygen atoms in total. The van der Waals surface area contributed by atoms with Crippen LogP contribution in [0, 0.1) is 17.6 Å². The van der Waals surface area contributed by atoms with Gasteiger partial charge in [0.25, 0.3) is 0 Å². The van der Waals surface area contributed by atoms with Gasteiger partial charge in [0.05, 0.1) is 18.2 Å². The summed E-state index contributed by atoms with van der Waals surface area (Å²) in [4.78, 5) is 5.30. The third-order valence-corrected chi connectivity index (χ3v) is 7.45. The Morgan fingerprint density at radius 3 is 2.66 bits per heavy atom. The molecule has 1 aromatic heterocycles. The molecule has 0 bridgehead atoms. The highest BCUT2D eigenvalue weighted by atomic mass is 32.1. The standard InChI is InChI=1S/C26H29F2N3O3S/c1-15(2)9-18(13-32)30-24(19-11-17(27)4-5-20(19)28)23-12-29-25(35-23)31-26(7-8-26)16-3-6-21-22(10-16)34-14-33-21/h3-6,10-12,15,18,24,30,32H,7-9,13-14H2,1-2H3,(H,29,31)/t18-,24?/m1/s1. The van der Waals surface area contributed by atoms with Crippen molar-refractivity contribution in [2.45, 2.75) is 50.7 Å². The molecule has 2 aromatic carbocycles. The van der Waals surface area contributed by atoms with Crippen molar-refractivity contribution in [2.24, 2.45) is 5.92 Å². The lowest BCUT2D eigenvalue weighted by Gasteiger charge is -2.25. The first-order chi connectivity index (χ1) is 16.9. The summed E-state index contributed by atoms with van der Waals surface area (Å²) in [6, 6.07) is 8.49. The Labute approximate surface area is 207 Å². The summed E-state index contributed by atoms with van der Waals surface area (Å²) in [5, 5.41) is 17.5. The van der Waals surface area contributed by atoms with Gasteiger partial charge in [-0.15, -0.1) is 11.3 Å². The number of nitrogens with one attached hydrogen (secondary N) is 2. The number of hydrogen-bond acceptors (Lipinski definition) is 7. The van der Waals surface area contributed by atoms with Crippen LogP contribution in [0.3, 0.4) is 0 Å². The fourth-order valence-corrected chi connectivity index (χ4v) is 5.54. The van der Waals surface area contributed by atoms with Gasteiger partial charge in [-0.3, -0.25) is 0 Å². The molecule has 0 saturated heterocycles. The molecule has 2 aliphatic rings. The van der Waals surface area contributed by atoms with Gasteiger partial charge in [0.15, 0.2) is 16.6 Å². The molecular weight excluding hydrogens is 472 g/mol. The molecule has 1 saturated carbocycles. The maximum atomic E-state index is 14.8. The lowest BCUT2D eigenvalue weighted by Crippen LogP contribution is -2.37. The van der Waals surface area contributed by atoms with Crippen LogP contribution in [0.25, 0.3) is 0 Å². The quantitative estimate of drug-likeness (QED) is 0.348. The molecule has 0 spiro atoms. The van der Waals surface area contributed by atoms with Gasteiger partial charge in [-0.25, -0.2) is 13.8 Å². The topological polar surface area (TPSA) is 75.6 Å².